The third-order valence-corrected chi connectivity index (χ3v) is 2.78. The van der Waals surface area contributed by atoms with Gasteiger partial charge in [0.15, 0.2) is 0 Å². The van der Waals surface area contributed by atoms with Crippen LogP contribution < -0.4 is 4.74 Å². The normalized spacial score (nSPS) is 10.2. The molecule has 2 aromatic rings. The average Bonchev–Trinajstić information content (AvgIpc) is 2.37. The summed E-state index contributed by atoms with van der Waals surface area (Å²) in [7, 11) is 0. The number of aryl methyl sites for hydroxylation is 1. The number of nitrogens with zero attached hydrogens (tertiary/aromatic N) is 1. The van der Waals surface area contributed by atoms with E-state index in [1.807, 2.05) is 0 Å². The smallest absolute Gasteiger partial charge is 0.335 e. The van der Waals surface area contributed by atoms with Gasteiger partial charge in [0.05, 0.1) is 10.5 Å². The SMILES string of the molecule is Cc1cc(Oc2ccc([N+](=O)[O-])c(F)c2)ccc1C(=O)O. The Morgan fingerprint density at radius 1 is 1.24 bits per heavy atom. The van der Waals surface area contributed by atoms with Crippen LogP contribution in [0.1, 0.15) is 15.9 Å². The molecule has 0 aliphatic rings. The number of hydrogen-bond acceptors (Lipinski definition) is 4. The molecule has 0 aliphatic heterocycles. The van der Waals surface area contributed by atoms with Gasteiger partial charge in [-0.25, -0.2) is 4.79 Å². The van der Waals surface area contributed by atoms with Crippen molar-refractivity contribution in [2.45, 2.75) is 6.92 Å². The summed E-state index contributed by atoms with van der Waals surface area (Å²) < 4.78 is 18.8. The zero-order chi connectivity index (χ0) is 15.6. The van der Waals surface area contributed by atoms with Crippen molar-refractivity contribution in [1.82, 2.24) is 0 Å². The molecule has 0 saturated carbocycles. The van der Waals surface area contributed by atoms with E-state index in [0.29, 0.717) is 11.3 Å². The Bertz CT molecular complexity index is 668. The van der Waals surface area contributed by atoms with Crippen LogP contribution in [0.4, 0.5) is 10.1 Å². The van der Waals surface area contributed by atoms with Gasteiger partial charge in [0, 0.05) is 12.1 Å². The number of nitro benzene ring substituents is 1. The zero-order valence-corrected chi connectivity index (χ0v) is 10.9. The van der Waals surface area contributed by atoms with Gasteiger partial charge in [-0.15, -0.1) is 0 Å². The van der Waals surface area contributed by atoms with Crippen LogP contribution in [0.25, 0.3) is 0 Å². The summed E-state index contributed by atoms with van der Waals surface area (Å²) >= 11 is 0. The van der Waals surface area contributed by atoms with E-state index < -0.39 is 22.4 Å². The second-order valence-electron chi connectivity index (χ2n) is 4.25. The largest absolute Gasteiger partial charge is 0.478 e. The molecule has 6 nitrogen and oxygen atoms in total. The quantitative estimate of drug-likeness (QED) is 0.687. The summed E-state index contributed by atoms with van der Waals surface area (Å²) in [6, 6.07) is 7.46. The standard InChI is InChI=1S/C14H10FNO5/c1-8-6-9(2-4-11(8)14(17)18)21-10-3-5-13(16(19)20)12(15)7-10/h2-7H,1H3,(H,17,18). The number of carbonyl (C=O) groups is 1. The highest BCUT2D eigenvalue weighted by Gasteiger charge is 2.15. The first-order valence-electron chi connectivity index (χ1n) is 5.84. The van der Waals surface area contributed by atoms with Crippen molar-refractivity contribution in [3.05, 3.63) is 63.5 Å². The van der Waals surface area contributed by atoms with E-state index in [0.717, 1.165) is 12.1 Å². The van der Waals surface area contributed by atoms with Gasteiger partial charge in [-0.3, -0.25) is 10.1 Å². The van der Waals surface area contributed by atoms with Crippen LogP contribution in [0.15, 0.2) is 36.4 Å². The zero-order valence-electron chi connectivity index (χ0n) is 10.9. The van der Waals surface area contributed by atoms with E-state index in [1.54, 1.807) is 6.92 Å². The molecule has 0 atom stereocenters. The van der Waals surface area contributed by atoms with Gasteiger partial charge in [0.1, 0.15) is 11.5 Å². The van der Waals surface area contributed by atoms with Gasteiger partial charge in [0.2, 0.25) is 5.82 Å². The molecule has 0 aliphatic carbocycles. The number of rotatable bonds is 4. The molecule has 1 N–H and O–H groups in total. The molecule has 0 amide bonds. The number of nitro groups is 1. The fraction of sp³-hybridized carbons (Fsp3) is 0.0714. The lowest BCUT2D eigenvalue weighted by atomic mass is 10.1. The van der Waals surface area contributed by atoms with Crippen molar-refractivity contribution >= 4 is 11.7 Å². The maximum Gasteiger partial charge on any atom is 0.335 e. The van der Waals surface area contributed by atoms with Crippen LogP contribution >= 0.6 is 0 Å². The fourth-order valence-electron chi connectivity index (χ4n) is 1.77. The van der Waals surface area contributed by atoms with E-state index in [-0.39, 0.29) is 11.3 Å². The Morgan fingerprint density at radius 3 is 2.38 bits per heavy atom. The molecule has 0 heterocycles. The van der Waals surface area contributed by atoms with Gasteiger partial charge < -0.3 is 9.84 Å². The number of ether oxygens (including phenoxy) is 1. The van der Waals surface area contributed by atoms with E-state index in [9.17, 15) is 19.3 Å². The summed E-state index contributed by atoms with van der Waals surface area (Å²) in [5.41, 5.74) is -0.0145. The van der Waals surface area contributed by atoms with E-state index in [4.69, 9.17) is 9.84 Å². The second-order valence-corrected chi connectivity index (χ2v) is 4.25. The van der Waals surface area contributed by atoms with Crippen LogP contribution in [0, 0.1) is 22.9 Å². The van der Waals surface area contributed by atoms with E-state index in [2.05, 4.69) is 0 Å². The maximum absolute atomic E-state index is 13.5. The third kappa shape index (κ3) is 3.14. The van der Waals surface area contributed by atoms with Crippen molar-refractivity contribution < 1.29 is 24.0 Å². The molecule has 21 heavy (non-hydrogen) atoms. The van der Waals surface area contributed by atoms with Gasteiger partial charge in [-0.1, -0.05) is 0 Å². The molecule has 2 aromatic carbocycles. The first-order valence-corrected chi connectivity index (χ1v) is 5.84. The fourth-order valence-corrected chi connectivity index (χ4v) is 1.77. The van der Waals surface area contributed by atoms with E-state index >= 15 is 0 Å². The summed E-state index contributed by atoms with van der Waals surface area (Å²) in [5, 5.41) is 19.4. The highest BCUT2D eigenvalue weighted by molar-refractivity contribution is 5.89. The molecule has 0 unspecified atom stereocenters. The van der Waals surface area contributed by atoms with Gasteiger partial charge in [0.25, 0.3) is 0 Å². The molecule has 0 aromatic heterocycles. The van der Waals surface area contributed by atoms with Crippen LogP contribution in [0.2, 0.25) is 0 Å². The summed E-state index contributed by atoms with van der Waals surface area (Å²) in [4.78, 5) is 20.6. The summed E-state index contributed by atoms with van der Waals surface area (Å²) in [6.07, 6.45) is 0. The summed E-state index contributed by atoms with van der Waals surface area (Å²) in [6.45, 7) is 1.60. The molecule has 0 saturated heterocycles. The Kier molecular flexibility index (Phi) is 3.84. The lowest BCUT2D eigenvalue weighted by Crippen LogP contribution is -1.99. The molecule has 2 rings (SSSR count). The number of halogens is 1. The minimum atomic E-state index is -1.06. The van der Waals surface area contributed by atoms with E-state index in [1.165, 1.54) is 24.3 Å². The predicted molar refractivity (Wildman–Crippen MR) is 71.3 cm³/mol. The molecule has 0 radical (unpaired) electrons. The Balaban J connectivity index is 2.26. The Morgan fingerprint density at radius 2 is 1.86 bits per heavy atom. The molecule has 108 valence electrons. The highest BCUT2D eigenvalue weighted by atomic mass is 19.1. The van der Waals surface area contributed by atoms with Crippen LogP contribution in [-0.2, 0) is 0 Å². The summed E-state index contributed by atoms with van der Waals surface area (Å²) in [5.74, 6) is -1.66. The molecule has 7 heteroatoms. The maximum atomic E-state index is 13.5. The van der Waals surface area contributed by atoms with Gasteiger partial charge >= 0.3 is 11.7 Å². The number of aromatic carboxylic acids is 1. The number of carboxylic acid groups (broad SMARTS) is 1. The van der Waals surface area contributed by atoms with Gasteiger partial charge in [-0.2, -0.15) is 4.39 Å². The number of carboxylic acids is 1. The molecule has 0 fully saturated rings. The first kappa shape index (κ1) is 14.4. The number of benzene rings is 2. The van der Waals surface area contributed by atoms with Crippen molar-refractivity contribution in [3.8, 4) is 11.5 Å². The first-order chi connectivity index (χ1) is 9.88. The lowest BCUT2D eigenvalue weighted by molar-refractivity contribution is -0.387. The molecular weight excluding hydrogens is 281 g/mol. The molecular formula is C14H10FNO5. The van der Waals surface area contributed by atoms with Crippen LogP contribution in [0.3, 0.4) is 0 Å². The van der Waals surface area contributed by atoms with Crippen molar-refractivity contribution in [1.29, 1.82) is 0 Å². The molecule has 0 bridgehead atoms. The van der Waals surface area contributed by atoms with Crippen molar-refractivity contribution in [3.63, 3.8) is 0 Å². The second kappa shape index (κ2) is 5.58. The lowest BCUT2D eigenvalue weighted by Gasteiger charge is -2.08. The minimum absolute atomic E-state index is 0.0839. The average molecular weight is 291 g/mol. The van der Waals surface area contributed by atoms with Crippen molar-refractivity contribution in [2.24, 2.45) is 0 Å². The van der Waals surface area contributed by atoms with Gasteiger partial charge in [-0.05, 0) is 36.8 Å². The topological polar surface area (TPSA) is 89.7 Å². The van der Waals surface area contributed by atoms with Crippen LogP contribution in [-0.4, -0.2) is 16.0 Å². The monoisotopic (exact) mass is 291 g/mol. The Hall–Kier alpha value is -2.96. The predicted octanol–water partition coefficient (Wildman–Crippen LogP) is 3.53. The molecule has 0 spiro atoms. The number of hydrogen-bond donors (Lipinski definition) is 1. The third-order valence-electron chi connectivity index (χ3n) is 2.78. The minimum Gasteiger partial charge on any atom is -0.478 e. The van der Waals surface area contributed by atoms with Crippen molar-refractivity contribution in [2.75, 3.05) is 0 Å². The Labute approximate surface area is 118 Å². The highest BCUT2D eigenvalue weighted by Crippen LogP contribution is 2.27. The van der Waals surface area contributed by atoms with Crippen LogP contribution in [0.5, 0.6) is 11.5 Å².